The van der Waals surface area contributed by atoms with Gasteiger partial charge in [0.2, 0.25) is 11.2 Å². The highest BCUT2D eigenvalue weighted by atomic mass is 32.2. The van der Waals surface area contributed by atoms with Gasteiger partial charge in [-0.05, 0) is 65.9 Å². The normalized spacial score (nSPS) is 32.7. The maximum Gasteiger partial charge on any atom is 0.422 e. The standard InChI is InChI=1S/C22H36N2O5S3/c1-15-13-22(2,3)9-6-12-31-19(18(15)20(25)26)17-8-5-4-7-16(17)14-24(30)32(28)23-10-11-29-21(23)27/h15-17,30H,4-14H2,1-3H3,(H,25,26)/b19-18+/t15?,16-,17-,32?/m1/s1. The van der Waals surface area contributed by atoms with Crippen LogP contribution in [0.5, 0.6) is 0 Å². The van der Waals surface area contributed by atoms with Gasteiger partial charge in [-0.1, -0.05) is 46.4 Å². The molecule has 0 aromatic rings. The van der Waals surface area contributed by atoms with Crippen molar-refractivity contribution < 1.29 is 23.6 Å². The Kier molecular flexibility index (Phi) is 9.02. The molecule has 32 heavy (non-hydrogen) atoms. The van der Waals surface area contributed by atoms with Gasteiger partial charge in [0, 0.05) is 12.1 Å². The third-order valence-electron chi connectivity index (χ3n) is 6.83. The maximum absolute atomic E-state index is 12.8. The van der Waals surface area contributed by atoms with Crippen LogP contribution >= 0.6 is 24.6 Å². The van der Waals surface area contributed by atoms with Crippen molar-refractivity contribution in [1.82, 2.24) is 8.02 Å². The second-order valence-corrected chi connectivity index (χ2v) is 13.2. The summed E-state index contributed by atoms with van der Waals surface area (Å²) in [5, 5.41) is 10.2. The number of hydrogen-bond acceptors (Lipinski definition) is 6. The van der Waals surface area contributed by atoms with E-state index in [9.17, 15) is 18.9 Å². The number of aliphatic carboxylic acids is 1. The highest BCUT2D eigenvalue weighted by Gasteiger charge is 2.38. The van der Waals surface area contributed by atoms with Crippen LogP contribution in [0.25, 0.3) is 0 Å². The molecule has 2 heterocycles. The quantitative estimate of drug-likeness (QED) is 0.501. The van der Waals surface area contributed by atoms with Gasteiger partial charge >= 0.3 is 12.1 Å². The number of cyclic esters (lactones) is 1. The fourth-order valence-corrected chi connectivity index (χ4v) is 8.29. The third kappa shape index (κ3) is 6.24. The number of allylic oxidation sites excluding steroid dienone is 1. The van der Waals surface area contributed by atoms with E-state index in [1.807, 2.05) is 6.92 Å². The summed E-state index contributed by atoms with van der Waals surface area (Å²) >= 11 is 4.46. The zero-order valence-electron chi connectivity index (χ0n) is 19.2. The van der Waals surface area contributed by atoms with Crippen molar-refractivity contribution in [2.45, 2.75) is 65.7 Å². The van der Waals surface area contributed by atoms with E-state index in [4.69, 9.17) is 4.74 Å². The summed E-state index contributed by atoms with van der Waals surface area (Å²) in [7, 11) is 0. The van der Waals surface area contributed by atoms with Gasteiger partial charge in [0.15, 0.2) is 0 Å². The highest BCUT2D eigenvalue weighted by molar-refractivity contribution is 8.03. The Morgan fingerprint density at radius 2 is 2.06 bits per heavy atom. The van der Waals surface area contributed by atoms with Gasteiger partial charge in [0.05, 0.1) is 6.54 Å². The van der Waals surface area contributed by atoms with Crippen LogP contribution < -0.4 is 0 Å². The number of carbonyl (C=O) groups excluding carboxylic acids is 1. The van der Waals surface area contributed by atoms with E-state index >= 15 is 0 Å². The van der Waals surface area contributed by atoms with Crippen molar-refractivity contribution >= 4 is 47.8 Å². The van der Waals surface area contributed by atoms with E-state index in [0.717, 1.165) is 55.6 Å². The second kappa shape index (κ2) is 11.1. The predicted molar refractivity (Wildman–Crippen MR) is 131 cm³/mol. The zero-order chi connectivity index (χ0) is 23.5. The Hall–Kier alpha value is -0.710. The number of carboxylic acid groups (broad SMARTS) is 1. The molecule has 0 radical (unpaired) electrons. The molecule has 2 unspecified atom stereocenters. The third-order valence-corrected chi connectivity index (χ3v) is 9.96. The van der Waals surface area contributed by atoms with Crippen LogP contribution in [-0.4, -0.2) is 54.8 Å². The van der Waals surface area contributed by atoms with E-state index in [1.54, 1.807) is 11.8 Å². The molecule has 0 aromatic heterocycles. The lowest BCUT2D eigenvalue weighted by molar-refractivity contribution is -0.133. The van der Waals surface area contributed by atoms with Crippen molar-refractivity contribution in [2.24, 2.45) is 23.2 Å². The van der Waals surface area contributed by atoms with Crippen LogP contribution in [0, 0.1) is 23.2 Å². The minimum absolute atomic E-state index is 0.0220. The summed E-state index contributed by atoms with van der Waals surface area (Å²) in [6.45, 7) is 7.47. The molecule has 0 aromatic carbocycles. The topological polar surface area (TPSA) is 87.2 Å². The van der Waals surface area contributed by atoms with Crippen LogP contribution in [-0.2, 0) is 20.7 Å². The van der Waals surface area contributed by atoms with E-state index < -0.39 is 23.2 Å². The number of thioether (sulfide) groups is 1. The smallest absolute Gasteiger partial charge is 0.422 e. The zero-order valence-corrected chi connectivity index (χ0v) is 21.8. The summed E-state index contributed by atoms with van der Waals surface area (Å²) in [5.74, 6) is 0.337. The predicted octanol–water partition coefficient (Wildman–Crippen LogP) is 4.89. The molecule has 2 aliphatic heterocycles. The number of hydrogen-bond donors (Lipinski definition) is 2. The first-order chi connectivity index (χ1) is 15.1. The first-order valence-electron chi connectivity index (χ1n) is 11.5. The molecular weight excluding hydrogens is 468 g/mol. The van der Waals surface area contributed by atoms with Crippen LogP contribution in [0.2, 0.25) is 0 Å². The van der Waals surface area contributed by atoms with Crippen molar-refractivity contribution in [3.05, 3.63) is 10.5 Å². The van der Waals surface area contributed by atoms with Crippen molar-refractivity contribution in [1.29, 1.82) is 0 Å². The number of rotatable bonds is 6. The number of amides is 1. The number of carbonyl (C=O) groups is 2. The van der Waals surface area contributed by atoms with E-state index in [-0.39, 0.29) is 36.3 Å². The van der Waals surface area contributed by atoms with E-state index in [1.165, 1.54) is 8.02 Å². The molecule has 10 heteroatoms. The lowest BCUT2D eigenvalue weighted by atomic mass is 9.74. The lowest BCUT2D eigenvalue weighted by Crippen LogP contribution is -2.39. The minimum Gasteiger partial charge on any atom is -0.478 e. The minimum atomic E-state index is -1.72. The average Bonchev–Trinajstić information content (AvgIpc) is 3.16. The molecule has 7 nitrogen and oxygen atoms in total. The lowest BCUT2D eigenvalue weighted by Gasteiger charge is -2.36. The van der Waals surface area contributed by atoms with Crippen molar-refractivity contribution in [3.63, 3.8) is 0 Å². The molecule has 2 fully saturated rings. The monoisotopic (exact) mass is 504 g/mol. The van der Waals surface area contributed by atoms with Gasteiger partial charge in [-0.3, -0.25) is 0 Å². The summed E-state index contributed by atoms with van der Waals surface area (Å²) < 4.78 is 20.3. The summed E-state index contributed by atoms with van der Waals surface area (Å²) in [5.41, 5.74) is 0.683. The molecule has 1 saturated heterocycles. The number of carboxylic acids is 1. The molecule has 3 rings (SSSR count). The molecule has 0 spiro atoms. The van der Waals surface area contributed by atoms with E-state index in [2.05, 4.69) is 26.7 Å². The van der Waals surface area contributed by atoms with Crippen LogP contribution in [0.15, 0.2) is 10.5 Å². The fourth-order valence-electron chi connectivity index (χ4n) is 5.38. The fraction of sp³-hybridized carbons (Fsp3) is 0.818. The van der Waals surface area contributed by atoms with Crippen LogP contribution in [0.3, 0.4) is 0 Å². The Morgan fingerprint density at radius 3 is 2.72 bits per heavy atom. The summed E-state index contributed by atoms with van der Waals surface area (Å²) in [4.78, 5) is 25.3. The van der Waals surface area contributed by atoms with Crippen molar-refractivity contribution in [3.8, 4) is 0 Å². The Morgan fingerprint density at radius 1 is 1.34 bits per heavy atom. The summed E-state index contributed by atoms with van der Waals surface area (Å²) in [6, 6.07) is 0. The number of nitrogens with zero attached hydrogens (tertiary/aromatic N) is 2. The van der Waals surface area contributed by atoms with Gasteiger partial charge in [-0.15, -0.1) is 11.8 Å². The molecule has 1 saturated carbocycles. The molecule has 3 aliphatic rings. The van der Waals surface area contributed by atoms with Gasteiger partial charge in [0.25, 0.3) is 0 Å². The van der Waals surface area contributed by atoms with Gasteiger partial charge in [0.1, 0.15) is 6.61 Å². The average molecular weight is 505 g/mol. The first-order valence-corrected chi connectivity index (χ1v) is 14.0. The highest BCUT2D eigenvalue weighted by Crippen LogP contribution is 2.46. The molecule has 4 atom stereocenters. The molecule has 1 amide bonds. The number of thiol groups is 1. The maximum atomic E-state index is 12.8. The molecule has 1 aliphatic carbocycles. The Bertz CT molecular complexity index is 773. The van der Waals surface area contributed by atoms with Crippen molar-refractivity contribution in [2.75, 3.05) is 25.4 Å². The second-order valence-electron chi connectivity index (χ2n) is 9.94. The van der Waals surface area contributed by atoms with Gasteiger partial charge in [-0.25, -0.2) is 18.1 Å². The van der Waals surface area contributed by atoms with E-state index in [0.29, 0.717) is 12.1 Å². The largest absolute Gasteiger partial charge is 0.478 e. The van der Waals surface area contributed by atoms with Crippen LogP contribution in [0.1, 0.15) is 65.7 Å². The van der Waals surface area contributed by atoms with Crippen LogP contribution in [0.4, 0.5) is 4.79 Å². The molecule has 0 bridgehead atoms. The van der Waals surface area contributed by atoms with Gasteiger partial charge < -0.3 is 9.84 Å². The molecule has 182 valence electrons. The Balaban J connectivity index is 1.86. The summed E-state index contributed by atoms with van der Waals surface area (Å²) in [6.07, 6.45) is 6.42. The van der Waals surface area contributed by atoms with Gasteiger partial charge in [-0.2, -0.15) is 3.71 Å². The molecular formula is C22H36N2O5S3. The first kappa shape index (κ1) is 25.9. The SMILES string of the molecule is CC1CC(C)(C)CCCS/C([C@@H]2CCCC[C@@H]2CN(S)S(=O)N2CCOC2=O)=C\1C(=O)O. The Labute approximate surface area is 204 Å². The number of ether oxygens (including phenoxy) is 1. The molecule has 1 N–H and O–H groups in total.